The molecule has 0 atom stereocenters. The molecule has 1 amide bonds. The van der Waals surface area contributed by atoms with E-state index in [2.05, 4.69) is 15.6 Å². The van der Waals surface area contributed by atoms with Crippen LogP contribution in [0.1, 0.15) is 31.9 Å². The number of ether oxygens (including phenoxy) is 1. The van der Waals surface area contributed by atoms with E-state index >= 15 is 0 Å². The Morgan fingerprint density at radius 1 is 1.11 bits per heavy atom. The molecule has 0 aliphatic heterocycles. The van der Waals surface area contributed by atoms with Crippen LogP contribution in [0.5, 0.6) is 0 Å². The van der Waals surface area contributed by atoms with Crippen molar-refractivity contribution in [3.63, 3.8) is 0 Å². The molecule has 1 rings (SSSR count). The van der Waals surface area contributed by atoms with Crippen LogP contribution in [0.15, 0.2) is 40.1 Å². The predicted octanol–water partition coefficient (Wildman–Crippen LogP) is 1.79. The molecule has 0 fully saturated rings. The van der Waals surface area contributed by atoms with Gasteiger partial charge in [0.05, 0.1) is 11.7 Å². The SMILES string of the molecule is CNC(=O)C(=NOC)c1ccccc1C(ON)=C(C)C(=NOC)OC(C)C. The fourth-order valence-corrected chi connectivity index (χ4v) is 2.25. The standard InChI is InChI=1S/C18H26N4O5/c1-11(2)26-18(22-25-6)12(3)16(27-19)14-10-8-7-9-13(14)15(21-24-5)17(23)20-4/h7-11H,19H2,1-6H3,(H,20,23). The van der Waals surface area contributed by atoms with Gasteiger partial charge in [0, 0.05) is 18.2 Å². The van der Waals surface area contributed by atoms with Crippen molar-refractivity contribution in [3.8, 4) is 0 Å². The maximum atomic E-state index is 12.2. The molecule has 9 heteroatoms. The third-order valence-electron chi connectivity index (χ3n) is 3.35. The highest BCUT2D eigenvalue weighted by Crippen LogP contribution is 2.25. The summed E-state index contributed by atoms with van der Waals surface area (Å²) in [6.07, 6.45) is -0.153. The topological polar surface area (TPSA) is 117 Å². The molecular weight excluding hydrogens is 352 g/mol. The van der Waals surface area contributed by atoms with Crippen LogP contribution in [0.25, 0.3) is 5.76 Å². The van der Waals surface area contributed by atoms with Crippen LogP contribution in [0.3, 0.4) is 0 Å². The first-order valence-electron chi connectivity index (χ1n) is 8.19. The Labute approximate surface area is 158 Å². The maximum absolute atomic E-state index is 12.2. The van der Waals surface area contributed by atoms with Gasteiger partial charge in [-0.2, -0.15) is 5.90 Å². The normalized spacial score (nSPS) is 13.0. The van der Waals surface area contributed by atoms with Gasteiger partial charge in [-0.25, -0.2) is 0 Å². The van der Waals surface area contributed by atoms with Crippen molar-refractivity contribution in [2.75, 3.05) is 21.3 Å². The maximum Gasteiger partial charge on any atom is 0.273 e. The van der Waals surface area contributed by atoms with Crippen LogP contribution in [0.4, 0.5) is 0 Å². The molecule has 0 aliphatic rings. The van der Waals surface area contributed by atoms with Gasteiger partial charge in [-0.15, -0.1) is 0 Å². The monoisotopic (exact) mass is 378 g/mol. The summed E-state index contributed by atoms with van der Waals surface area (Å²) < 4.78 is 5.67. The first kappa shape index (κ1) is 22.0. The average molecular weight is 378 g/mol. The van der Waals surface area contributed by atoms with Crippen molar-refractivity contribution in [2.45, 2.75) is 26.9 Å². The van der Waals surface area contributed by atoms with Gasteiger partial charge in [-0.1, -0.05) is 29.4 Å². The molecule has 148 valence electrons. The van der Waals surface area contributed by atoms with Crippen molar-refractivity contribution in [2.24, 2.45) is 16.2 Å². The summed E-state index contributed by atoms with van der Waals surface area (Å²) in [5, 5.41) is 10.2. The molecule has 0 saturated carbocycles. The number of likely N-dealkylation sites (N-methyl/N-ethyl adjacent to an activating group) is 1. The molecule has 0 radical (unpaired) electrons. The average Bonchev–Trinajstić information content (AvgIpc) is 2.66. The van der Waals surface area contributed by atoms with Gasteiger partial charge < -0.3 is 24.6 Å². The van der Waals surface area contributed by atoms with Crippen molar-refractivity contribution in [1.82, 2.24) is 5.32 Å². The number of carbonyl (C=O) groups excluding carboxylic acids is 1. The Kier molecular flexibility index (Phi) is 8.80. The molecule has 0 aromatic heterocycles. The van der Waals surface area contributed by atoms with E-state index in [1.807, 2.05) is 13.8 Å². The fourth-order valence-electron chi connectivity index (χ4n) is 2.25. The molecule has 0 heterocycles. The summed E-state index contributed by atoms with van der Waals surface area (Å²) in [7, 11) is 4.26. The van der Waals surface area contributed by atoms with Crippen LogP contribution < -0.4 is 11.2 Å². The van der Waals surface area contributed by atoms with Crippen LogP contribution in [0.2, 0.25) is 0 Å². The van der Waals surface area contributed by atoms with Gasteiger partial charge in [0.1, 0.15) is 14.2 Å². The first-order chi connectivity index (χ1) is 12.9. The Morgan fingerprint density at radius 2 is 1.70 bits per heavy atom. The number of amides is 1. The summed E-state index contributed by atoms with van der Waals surface area (Å²) in [5.41, 5.74) is 1.51. The number of nitrogens with one attached hydrogen (secondary N) is 1. The molecule has 1 aromatic carbocycles. The Hall–Kier alpha value is -3.07. The van der Waals surface area contributed by atoms with Crippen molar-refractivity contribution < 1.29 is 24.0 Å². The number of hydrogen-bond donors (Lipinski definition) is 2. The predicted molar refractivity (Wildman–Crippen MR) is 103 cm³/mol. The number of carbonyl (C=O) groups is 1. The smallest absolute Gasteiger partial charge is 0.273 e. The summed E-state index contributed by atoms with van der Waals surface area (Å²) in [5.74, 6) is 5.56. The van der Waals surface area contributed by atoms with E-state index in [1.165, 1.54) is 21.3 Å². The summed E-state index contributed by atoms with van der Waals surface area (Å²) in [6, 6.07) is 6.96. The molecule has 0 bridgehead atoms. The Balaban J connectivity index is 3.64. The lowest BCUT2D eigenvalue weighted by Crippen LogP contribution is -2.29. The molecule has 27 heavy (non-hydrogen) atoms. The van der Waals surface area contributed by atoms with Crippen molar-refractivity contribution in [3.05, 3.63) is 41.0 Å². The minimum atomic E-state index is -0.428. The second-order valence-electron chi connectivity index (χ2n) is 5.56. The number of nitrogens with zero attached hydrogens (tertiary/aromatic N) is 2. The molecule has 0 saturated heterocycles. The molecule has 0 aliphatic carbocycles. The van der Waals surface area contributed by atoms with Gasteiger partial charge in [0.2, 0.25) is 0 Å². The van der Waals surface area contributed by atoms with E-state index in [1.54, 1.807) is 31.2 Å². The highest BCUT2D eigenvalue weighted by molar-refractivity contribution is 6.45. The highest BCUT2D eigenvalue weighted by atomic mass is 16.6. The zero-order valence-corrected chi connectivity index (χ0v) is 16.4. The lowest BCUT2D eigenvalue weighted by atomic mass is 9.98. The quantitative estimate of drug-likeness (QED) is 0.308. The third-order valence-corrected chi connectivity index (χ3v) is 3.35. The van der Waals surface area contributed by atoms with Crippen LogP contribution in [-0.4, -0.2) is 44.9 Å². The van der Waals surface area contributed by atoms with Crippen molar-refractivity contribution in [1.29, 1.82) is 0 Å². The van der Waals surface area contributed by atoms with Crippen LogP contribution in [0, 0.1) is 0 Å². The third kappa shape index (κ3) is 5.71. The van der Waals surface area contributed by atoms with Gasteiger partial charge in [0.25, 0.3) is 11.8 Å². The van der Waals surface area contributed by atoms with E-state index in [0.29, 0.717) is 16.7 Å². The molecule has 9 nitrogen and oxygen atoms in total. The van der Waals surface area contributed by atoms with E-state index < -0.39 is 5.91 Å². The largest absolute Gasteiger partial charge is 0.473 e. The lowest BCUT2D eigenvalue weighted by Gasteiger charge is -2.17. The summed E-state index contributed by atoms with van der Waals surface area (Å²) >= 11 is 0. The number of benzene rings is 1. The van der Waals surface area contributed by atoms with Gasteiger partial charge in [0.15, 0.2) is 11.5 Å². The molecule has 3 N–H and O–H groups in total. The Bertz CT molecular complexity index is 741. The first-order valence-corrected chi connectivity index (χ1v) is 8.19. The molecule has 0 spiro atoms. The van der Waals surface area contributed by atoms with Crippen LogP contribution >= 0.6 is 0 Å². The molecule has 0 unspecified atom stereocenters. The number of oxime groups is 2. The minimum Gasteiger partial charge on any atom is -0.473 e. The summed E-state index contributed by atoms with van der Waals surface area (Å²) in [6.45, 7) is 5.42. The van der Waals surface area contributed by atoms with Crippen molar-refractivity contribution >= 4 is 23.3 Å². The zero-order chi connectivity index (χ0) is 20.4. The zero-order valence-electron chi connectivity index (χ0n) is 16.4. The fraction of sp³-hybridized carbons (Fsp3) is 0.389. The van der Waals surface area contributed by atoms with E-state index in [9.17, 15) is 4.79 Å². The van der Waals surface area contributed by atoms with Gasteiger partial charge in [-0.05, 0) is 25.9 Å². The number of rotatable bonds is 8. The number of hydrogen-bond acceptors (Lipinski definition) is 8. The van der Waals surface area contributed by atoms with Crippen LogP contribution in [-0.2, 0) is 24.0 Å². The van der Waals surface area contributed by atoms with Gasteiger partial charge >= 0.3 is 0 Å². The second-order valence-corrected chi connectivity index (χ2v) is 5.56. The minimum absolute atomic E-state index is 0.0629. The van der Waals surface area contributed by atoms with Gasteiger partial charge in [-0.3, -0.25) is 4.79 Å². The molecular formula is C18H26N4O5. The molecule has 1 aromatic rings. The lowest BCUT2D eigenvalue weighted by molar-refractivity contribution is -0.114. The highest BCUT2D eigenvalue weighted by Gasteiger charge is 2.23. The second kappa shape index (κ2) is 10.8. The van der Waals surface area contributed by atoms with E-state index in [-0.39, 0.29) is 23.5 Å². The van der Waals surface area contributed by atoms with E-state index in [0.717, 1.165) is 0 Å². The number of nitrogens with two attached hydrogens (primary N) is 1. The Morgan fingerprint density at radius 3 is 2.19 bits per heavy atom. The van der Waals surface area contributed by atoms with E-state index in [4.69, 9.17) is 25.1 Å². The summed E-state index contributed by atoms with van der Waals surface area (Å²) in [4.78, 5) is 27.0.